The van der Waals surface area contributed by atoms with Crippen molar-refractivity contribution in [2.75, 3.05) is 11.4 Å². The number of carbonyl (C=O) groups excluding carboxylic acids is 2. The van der Waals surface area contributed by atoms with Crippen molar-refractivity contribution in [3.05, 3.63) is 59.4 Å². The van der Waals surface area contributed by atoms with Crippen LogP contribution in [0.2, 0.25) is 0 Å². The van der Waals surface area contributed by atoms with Crippen LogP contribution in [0, 0.1) is 0 Å². The number of aromatic nitrogens is 1. The summed E-state index contributed by atoms with van der Waals surface area (Å²) in [5.41, 5.74) is 2.77. The normalized spacial score (nSPS) is 17.0. The number of benzene rings is 1. The number of fused-ring (bicyclic) bond motifs is 1. The minimum Gasteiger partial charge on any atom is -0.348 e. The van der Waals surface area contributed by atoms with Crippen molar-refractivity contribution >= 4 is 17.5 Å². The molecule has 2 amide bonds. The second-order valence-electron chi connectivity index (χ2n) is 7.05. The highest BCUT2D eigenvalue weighted by Crippen LogP contribution is 2.27. The summed E-state index contributed by atoms with van der Waals surface area (Å²) >= 11 is 0. The second kappa shape index (κ2) is 7.28. The first-order valence-corrected chi connectivity index (χ1v) is 9.40. The molecule has 0 unspecified atom stereocenters. The van der Waals surface area contributed by atoms with Gasteiger partial charge in [-0.05, 0) is 49.4 Å². The fourth-order valence-electron chi connectivity index (χ4n) is 3.89. The maximum absolute atomic E-state index is 13.0. The quantitative estimate of drug-likeness (QED) is 0.924. The van der Waals surface area contributed by atoms with E-state index in [0.29, 0.717) is 17.9 Å². The number of pyridine rings is 1. The zero-order chi connectivity index (χ0) is 17.9. The third kappa shape index (κ3) is 3.34. The van der Waals surface area contributed by atoms with Gasteiger partial charge in [-0.15, -0.1) is 0 Å². The molecule has 1 aromatic heterocycles. The lowest BCUT2D eigenvalue weighted by Gasteiger charge is -2.29. The Bertz CT molecular complexity index is 828. The van der Waals surface area contributed by atoms with E-state index in [-0.39, 0.29) is 17.9 Å². The number of hydrogen-bond donors (Lipinski definition) is 1. The van der Waals surface area contributed by atoms with E-state index >= 15 is 0 Å². The Hall–Kier alpha value is -2.69. The van der Waals surface area contributed by atoms with Crippen molar-refractivity contribution in [2.24, 2.45) is 0 Å². The van der Waals surface area contributed by atoms with Crippen LogP contribution in [-0.2, 0) is 6.42 Å². The molecule has 0 atom stereocenters. The Morgan fingerprint density at radius 1 is 0.962 bits per heavy atom. The average Bonchev–Trinajstić information content (AvgIpc) is 3.20. The molecule has 0 spiro atoms. The van der Waals surface area contributed by atoms with Gasteiger partial charge in [-0.2, -0.15) is 0 Å². The summed E-state index contributed by atoms with van der Waals surface area (Å²) in [6, 6.07) is 13.3. The van der Waals surface area contributed by atoms with Gasteiger partial charge in [0.1, 0.15) is 11.4 Å². The number of para-hydroxylation sites is 1. The monoisotopic (exact) mass is 349 g/mol. The van der Waals surface area contributed by atoms with Crippen molar-refractivity contribution in [3.63, 3.8) is 0 Å². The molecule has 0 radical (unpaired) electrons. The van der Waals surface area contributed by atoms with Crippen molar-refractivity contribution in [3.8, 4) is 0 Å². The van der Waals surface area contributed by atoms with E-state index in [4.69, 9.17) is 0 Å². The Labute approximate surface area is 153 Å². The molecule has 0 bridgehead atoms. The Kier molecular flexibility index (Phi) is 4.69. The Morgan fingerprint density at radius 2 is 1.73 bits per heavy atom. The van der Waals surface area contributed by atoms with Crippen LogP contribution in [0.15, 0.2) is 42.5 Å². The van der Waals surface area contributed by atoms with Gasteiger partial charge in [0.15, 0.2) is 0 Å². The fourth-order valence-corrected chi connectivity index (χ4v) is 3.89. The van der Waals surface area contributed by atoms with Crippen molar-refractivity contribution in [1.29, 1.82) is 0 Å². The number of hydrogen-bond acceptors (Lipinski definition) is 3. The van der Waals surface area contributed by atoms with Crippen molar-refractivity contribution < 1.29 is 9.59 Å². The molecule has 1 aliphatic heterocycles. The van der Waals surface area contributed by atoms with Crippen LogP contribution in [0.25, 0.3) is 0 Å². The second-order valence-corrected chi connectivity index (χ2v) is 7.05. The zero-order valence-corrected chi connectivity index (χ0v) is 14.8. The highest BCUT2D eigenvalue weighted by atomic mass is 16.2. The first-order chi connectivity index (χ1) is 12.7. The van der Waals surface area contributed by atoms with Crippen LogP contribution in [0.3, 0.4) is 0 Å². The number of anilines is 1. The molecule has 2 aliphatic rings. The number of nitrogens with zero attached hydrogens (tertiary/aromatic N) is 2. The minimum atomic E-state index is -0.189. The van der Waals surface area contributed by atoms with Gasteiger partial charge in [-0.25, -0.2) is 4.98 Å². The summed E-state index contributed by atoms with van der Waals surface area (Å²) in [5, 5.41) is 3.03. The molecule has 1 fully saturated rings. The lowest BCUT2D eigenvalue weighted by atomic mass is 10.0. The number of amides is 2. The molecule has 0 saturated heterocycles. The van der Waals surface area contributed by atoms with Crippen LogP contribution in [-0.4, -0.2) is 29.4 Å². The Balaban J connectivity index is 1.55. The lowest BCUT2D eigenvalue weighted by molar-refractivity contribution is 0.0932. The molecule has 134 valence electrons. The van der Waals surface area contributed by atoms with Gasteiger partial charge in [0, 0.05) is 18.3 Å². The number of aryl methyl sites for hydroxylation is 1. The maximum Gasteiger partial charge on any atom is 0.276 e. The summed E-state index contributed by atoms with van der Waals surface area (Å²) in [5.74, 6) is -0.335. The third-order valence-electron chi connectivity index (χ3n) is 5.25. The lowest BCUT2D eigenvalue weighted by Crippen LogP contribution is -2.37. The molecule has 2 heterocycles. The topological polar surface area (TPSA) is 62.3 Å². The van der Waals surface area contributed by atoms with E-state index in [9.17, 15) is 9.59 Å². The van der Waals surface area contributed by atoms with E-state index < -0.39 is 0 Å². The van der Waals surface area contributed by atoms with Gasteiger partial charge in [-0.1, -0.05) is 37.1 Å². The average molecular weight is 349 g/mol. The minimum absolute atomic E-state index is 0.146. The molecule has 1 N–H and O–H groups in total. The number of carbonyl (C=O) groups is 2. The SMILES string of the molecule is O=C(NC1CCCC1)c1cccc(C(=O)N2CCCc3ccccc32)n1. The highest BCUT2D eigenvalue weighted by Gasteiger charge is 2.25. The van der Waals surface area contributed by atoms with E-state index in [0.717, 1.165) is 44.2 Å². The van der Waals surface area contributed by atoms with Crippen LogP contribution in [0.4, 0.5) is 5.69 Å². The van der Waals surface area contributed by atoms with Gasteiger partial charge >= 0.3 is 0 Å². The summed E-state index contributed by atoms with van der Waals surface area (Å²) in [6.07, 6.45) is 6.28. The number of nitrogens with one attached hydrogen (secondary N) is 1. The molecular weight excluding hydrogens is 326 g/mol. The third-order valence-corrected chi connectivity index (χ3v) is 5.25. The number of rotatable bonds is 3. The zero-order valence-electron chi connectivity index (χ0n) is 14.8. The summed E-state index contributed by atoms with van der Waals surface area (Å²) in [4.78, 5) is 31.6. The van der Waals surface area contributed by atoms with E-state index in [2.05, 4.69) is 16.4 Å². The van der Waals surface area contributed by atoms with Gasteiger partial charge in [0.2, 0.25) is 0 Å². The molecule has 26 heavy (non-hydrogen) atoms. The van der Waals surface area contributed by atoms with E-state index in [1.54, 1.807) is 23.1 Å². The molecule has 1 aliphatic carbocycles. The van der Waals surface area contributed by atoms with Crippen LogP contribution < -0.4 is 10.2 Å². The predicted octanol–water partition coefficient (Wildman–Crippen LogP) is 3.35. The molecule has 1 aromatic carbocycles. The largest absolute Gasteiger partial charge is 0.348 e. The smallest absolute Gasteiger partial charge is 0.276 e. The first-order valence-electron chi connectivity index (χ1n) is 9.40. The van der Waals surface area contributed by atoms with Crippen molar-refractivity contribution in [2.45, 2.75) is 44.6 Å². The summed E-state index contributed by atoms with van der Waals surface area (Å²) < 4.78 is 0. The first kappa shape index (κ1) is 16.8. The molecule has 4 rings (SSSR count). The predicted molar refractivity (Wildman–Crippen MR) is 100 cm³/mol. The van der Waals surface area contributed by atoms with Gasteiger partial charge in [0.25, 0.3) is 11.8 Å². The van der Waals surface area contributed by atoms with E-state index in [1.807, 2.05) is 18.2 Å². The summed E-state index contributed by atoms with van der Waals surface area (Å²) in [7, 11) is 0. The van der Waals surface area contributed by atoms with E-state index in [1.165, 1.54) is 5.56 Å². The fraction of sp³-hybridized carbons (Fsp3) is 0.381. The van der Waals surface area contributed by atoms with Crippen LogP contribution in [0.5, 0.6) is 0 Å². The van der Waals surface area contributed by atoms with Crippen LogP contribution >= 0.6 is 0 Å². The van der Waals surface area contributed by atoms with Crippen LogP contribution in [0.1, 0.15) is 58.6 Å². The summed E-state index contributed by atoms with van der Waals surface area (Å²) in [6.45, 7) is 0.677. The molecule has 1 saturated carbocycles. The van der Waals surface area contributed by atoms with Gasteiger partial charge < -0.3 is 10.2 Å². The van der Waals surface area contributed by atoms with Gasteiger partial charge in [-0.3, -0.25) is 9.59 Å². The molecular formula is C21H23N3O2. The molecule has 5 heteroatoms. The standard InChI is InChI=1S/C21H23N3O2/c25-20(22-16-9-2-3-10-16)17-11-5-12-18(23-17)21(26)24-14-6-8-15-7-1-4-13-19(15)24/h1,4-5,7,11-13,16H,2-3,6,8-10,14H2,(H,22,25). The highest BCUT2D eigenvalue weighted by molar-refractivity contribution is 6.06. The van der Waals surface area contributed by atoms with Gasteiger partial charge in [0.05, 0.1) is 0 Å². The molecule has 5 nitrogen and oxygen atoms in total. The molecule has 2 aromatic rings. The van der Waals surface area contributed by atoms with Crippen molar-refractivity contribution in [1.82, 2.24) is 10.3 Å². The maximum atomic E-state index is 13.0. The Morgan fingerprint density at radius 3 is 2.58 bits per heavy atom.